The van der Waals surface area contributed by atoms with Crippen LogP contribution in [0.25, 0.3) is 0 Å². The molecule has 6 heteroatoms. The standard InChI is InChI=1S/C20H25FN4O/c21-16-6-2-1-5-15(16)20(7-3-4-8-20)12-23-18-11-17(24-19(22)25-18)13-9-14(26)10-13/h1-2,5-6,11,13-14,26H,3-4,7-10,12H2,(H3,22,23,24,25). The quantitative estimate of drug-likeness (QED) is 0.765. The van der Waals surface area contributed by atoms with E-state index in [0.717, 1.165) is 49.8 Å². The minimum atomic E-state index is -0.240. The summed E-state index contributed by atoms with van der Waals surface area (Å²) in [5.41, 5.74) is 7.33. The van der Waals surface area contributed by atoms with Gasteiger partial charge >= 0.3 is 0 Å². The van der Waals surface area contributed by atoms with Crippen LogP contribution in [0.2, 0.25) is 0 Å². The number of nitrogens with one attached hydrogen (secondary N) is 1. The Balaban J connectivity index is 1.54. The molecule has 1 heterocycles. The third kappa shape index (κ3) is 3.26. The maximum absolute atomic E-state index is 14.4. The zero-order chi connectivity index (χ0) is 18.1. The van der Waals surface area contributed by atoms with Gasteiger partial charge in [-0.25, -0.2) is 9.37 Å². The van der Waals surface area contributed by atoms with Gasteiger partial charge in [0, 0.05) is 23.9 Å². The fraction of sp³-hybridized carbons (Fsp3) is 0.500. The summed E-state index contributed by atoms with van der Waals surface area (Å²) < 4.78 is 14.4. The summed E-state index contributed by atoms with van der Waals surface area (Å²) in [6.07, 6.45) is 5.33. The molecule has 2 aliphatic rings. The molecule has 2 aromatic rings. The van der Waals surface area contributed by atoms with Crippen LogP contribution in [-0.2, 0) is 5.41 Å². The Morgan fingerprint density at radius 2 is 1.92 bits per heavy atom. The van der Waals surface area contributed by atoms with Gasteiger partial charge in [0.1, 0.15) is 11.6 Å². The SMILES string of the molecule is Nc1nc(NCC2(c3ccccc3F)CCCC2)cc(C2CC(O)C2)n1. The molecular weight excluding hydrogens is 331 g/mol. The van der Waals surface area contributed by atoms with Gasteiger partial charge in [-0.15, -0.1) is 0 Å². The predicted molar refractivity (Wildman–Crippen MR) is 99.5 cm³/mol. The van der Waals surface area contributed by atoms with Gasteiger partial charge in [-0.2, -0.15) is 4.98 Å². The molecule has 2 aliphatic carbocycles. The minimum absolute atomic E-state index is 0.137. The van der Waals surface area contributed by atoms with Crippen molar-refractivity contribution >= 4 is 11.8 Å². The smallest absolute Gasteiger partial charge is 0.222 e. The van der Waals surface area contributed by atoms with Crippen molar-refractivity contribution in [1.29, 1.82) is 0 Å². The van der Waals surface area contributed by atoms with Crippen LogP contribution in [0.5, 0.6) is 0 Å². The third-order valence-electron chi connectivity index (χ3n) is 5.91. The van der Waals surface area contributed by atoms with Gasteiger partial charge in [0.15, 0.2) is 0 Å². The fourth-order valence-electron chi connectivity index (χ4n) is 4.36. The van der Waals surface area contributed by atoms with Gasteiger partial charge in [0.25, 0.3) is 0 Å². The first-order valence-corrected chi connectivity index (χ1v) is 9.37. The zero-order valence-electron chi connectivity index (χ0n) is 14.8. The Bertz CT molecular complexity index is 785. The summed E-state index contributed by atoms with van der Waals surface area (Å²) in [5.74, 6) is 1.01. The number of nitrogens with zero attached hydrogens (tertiary/aromatic N) is 2. The van der Waals surface area contributed by atoms with E-state index in [1.54, 1.807) is 6.07 Å². The van der Waals surface area contributed by atoms with Crippen molar-refractivity contribution in [2.24, 2.45) is 0 Å². The van der Waals surface area contributed by atoms with E-state index in [-0.39, 0.29) is 29.2 Å². The molecule has 4 rings (SSSR count). The highest BCUT2D eigenvalue weighted by Crippen LogP contribution is 2.42. The van der Waals surface area contributed by atoms with Gasteiger partial charge in [0.2, 0.25) is 5.95 Å². The van der Waals surface area contributed by atoms with Crippen LogP contribution in [0.15, 0.2) is 30.3 Å². The molecule has 0 bridgehead atoms. The van der Waals surface area contributed by atoms with Crippen molar-refractivity contribution in [3.63, 3.8) is 0 Å². The molecule has 1 aromatic heterocycles. The van der Waals surface area contributed by atoms with Gasteiger partial charge in [-0.05, 0) is 37.3 Å². The van der Waals surface area contributed by atoms with Crippen LogP contribution in [0.4, 0.5) is 16.2 Å². The summed E-state index contributed by atoms with van der Waals surface area (Å²) in [7, 11) is 0. The largest absolute Gasteiger partial charge is 0.393 e. The monoisotopic (exact) mass is 356 g/mol. The first-order valence-electron chi connectivity index (χ1n) is 9.37. The second kappa shape index (κ2) is 6.83. The van der Waals surface area contributed by atoms with Crippen molar-refractivity contribution in [3.8, 4) is 0 Å². The molecule has 5 nitrogen and oxygen atoms in total. The van der Waals surface area contributed by atoms with E-state index in [0.29, 0.717) is 12.4 Å². The first kappa shape index (κ1) is 17.2. The maximum Gasteiger partial charge on any atom is 0.222 e. The average molecular weight is 356 g/mol. The number of aliphatic hydroxyl groups excluding tert-OH is 1. The zero-order valence-corrected chi connectivity index (χ0v) is 14.8. The molecule has 0 spiro atoms. The van der Waals surface area contributed by atoms with Crippen LogP contribution >= 0.6 is 0 Å². The van der Waals surface area contributed by atoms with Crippen molar-refractivity contribution < 1.29 is 9.50 Å². The first-order chi connectivity index (χ1) is 12.6. The molecule has 0 unspecified atom stereocenters. The maximum atomic E-state index is 14.4. The molecule has 0 radical (unpaired) electrons. The Kier molecular flexibility index (Phi) is 4.53. The summed E-state index contributed by atoms with van der Waals surface area (Å²) in [6, 6.07) is 8.99. The van der Waals surface area contributed by atoms with E-state index in [2.05, 4.69) is 15.3 Å². The Morgan fingerprint density at radius 1 is 1.19 bits per heavy atom. The highest BCUT2D eigenvalue weighted by atomic mass is 19.1. The molecule has 2 fully saturated rings. The van der Waals surface area contributed by atoms with Crippen LogP contribution in [-0.4, -0.2) is 27.7 Å². The molecular formula is C20H25FN4O. The lowest BCUT2D eigenvalue weighted by molar-refractivity contribution is 0.0732. The number of nitrogen functional groups attached to an aromatic ring is 1. The number of hydrogen-bond acceptors (Lipinski definition) is 5. The minimum Gasteiger partial charge on any atom is -0.393 e. The second-order valence-corrected chi connectivity index (χ2v) is 7.68. The van der Waals surface area contributed by atoms with Crippen LogP contribution in [0.1, 0.15) is 55.7 Å². The number of rotatable bonds is 5. The van der Waals surface area contributed by atoms with Crippen LogP contribution < -0.4 is 11.1 Å². The van der Waals surface area contributed by atoms with E-state index in [9.17, 15) is 9.50 Å². The highest BCUT2D eigenvalue weighted by molar-refractivity contribution is 5.43. The Morgan fingerprint density at radius 3 is 2.62 bits per heavy atom. The van der Waals surface area contributed by atoms with Gasteiger partial charge in [-0.1, -0.05) is 31.0 Å². The van der Waals surface area contributed by atoms with E-state index < -0.39 is 0 Å². The fourth-order valence-corrected chi connectivity index (χ4v) is 4.36. The number of nitrogens with two attached hydrogens (primary N) is 1. The van der Waals surface area contributed by atoms with Gasteiger partial charge in [-0.3, -0.25) is 0 Å². The normalized spacial score (nSPS) is 24.2. The van der Waals surface area contributed by atoms with E-state index in [1.807, 2.05) is 18.2 Å². The van der Waals surface area contributed by atoms with Crippen LogP contribution in [0.3, 0.4) is 0 Å². The Hall–Kier alpha value is -2.21. The van der Waals surface area contributed by atoms with E-state index in [4.69, 9.17) is 5.73 Å². The number of anilines is 2. The molecule has 0 amide bonds. The number of halogens is 1. The topological polar surface area (TPSA) is 84.1 Å². The third-order valence-corrected chi connectivity index (χ3v) is 5.91. The van der Waals surface area contributed by atoms with Crippen molar-refractivity contribution in [3.05, 3.63) is 47.4 Å². The molecule has 26 heavy (non-hydrogen) atoms. The number of hydrogen-bond donors (Lipinski definition) is 3. The lowest BCUT2D eigenvalue weighted by Gasteiger charge is -2.32. The molecule has 0 atom stereocenters. The molecule has 0 aliphatic heterocycles. The van der Waals surface area contributed by atoms with E-state index >= 15 is 0 Å². The summed E-state index contributed by atoms with van der Waals surface area (Å²) in [5, 5.41) is 12.9. The predicted octanol–water partition coefficient (Wildman–Crippen LogP) is 3.36. The van der Waals surface area contributed by atoms with E-state index in [1.165, 1.54) is 6.07 Å². The second-order valence-electron chi connectivity index (χ2n) is 7.68. The molecule has 2 saturated carbocycles. The lowest BCUT2D eigenvalue weighted by atomic mass is 9.78. The molecule has 1 aromatic carbocycles. The van der Waals surface area contributed by atoms with Crippen molar-refractivity contribution in [2.45, 2.75) is 56.0 Å². The lowest BCUT2D eigenvalue weighted by Crippen LogP contribution is -2.33. The molecule has 0 saturated heterocycles. The van der Waals surface area contributed by atoms with Crippen molar-refractivity contribution in [2.75, 3.05) is 17.6 Å². The summed E-state index contributed by atoms with van der Waals surface area (Å²) >= 11 is 0. The molecule has 138 valence electrons. The highest BCUT2D eigenvalue weighted by Gasteiger charge is 2.37. The van der Waals surface area contributed by atoms with Gasteiger partial charge < -0.3 is 16.2 Å². The summed E-state index contributed by atoms with van der Waals surface area (Å²) in [4.78, 5) is 8.62. The average Bonchev–Trinajstić information content (AvgIpc) is 3.07. The van der Waals surface area contributed by atoms with Gasteiger partial charge in [0.05, 0.1) is 11.8 Å². The number of benzene rings is 1. The van der Waals surface area contributed by atoms with Crippen LogP contribution in [0, 0.1) is 5.82 Å². The van der Waals surface area contributed by atoms with Crippen molar-refractivity contribution in [1.82, 2.24) is 9.97 Å². The number of aliphatic hydroxyl groups is 1. The summed E-state index contributed by atoms with van der Waals surface area (Å²) in [6.45, 7) is 0.622. The Labute approximate surface area is 152 Å². The molecule has 4 N–H and O–H groups in total. The number of aromatic nitrogens is 2.